The van der Waals surface area contributed by atoms with Crippen LogP contribution in [0.5, 0.6) is 5.75 Å². The second-order valence-electron chi connectivity index (χ2n) is 3.98. The molecule has 1 saturated heterocycles. The zero-order chi connectivity index (χ0) is 13.3. The van der Waals surface area contributed by atoms with E-state index in [9.17, 15) is 22.0 Å². The fourth-order valence-corrected chi connectivity index (χ4v) is 1.69. The molecule has 1 fully saturated rings. The first kappa shape index (κ1) is 13.1. The molecule has 0 spiro atoms. The summed E-state index contributed by atoms with van der Waals surface area (Å²) in [5.74, 6) is -4.35. The highest BCUT2D eigenvalue weighted by atomic mass is 19.3. The first-order valence-electron chi connectivity index (χ1n) is 5.23. The zero-order valence-corrected chi connectivity index (χ0v) is 9.10. The number of halogens is 5. The highest BCUT2D eigenvalue weighted by molar-refractivity contribution is 5.31. The van der Waals surface area contributed by atoms with Gasteiger partial charge in [-0.15, -0.1) is 0 Å². The largest absolute Gasteiger partial charge is 0.483 e. The molecule has 1 aromatic rings. The molecule has 2 rings (SSSR count). The van der Waals surface area contributed by atoms with E-state index in [4.69, 9.17) is 4.74 Å². The van der Waals surface area contributed by atoms with Crippen molar-refractivity contribution in [1.82, 2.24) is 5.32 Å². The van der Waals surface area contributed by atoms with E-state index in [2.05, 4.69) is 5.32 Å². The minimum atomic E-state index is -3.07. The van der Waals surface area contributed by atoms with Crippen LogP contribution in [0.15, 0.2) is 18.2 Å². The lowest BCUT2D eigenvalue weighted by molar-refractivity contribution is -0.0599. The van der Waals surface area contributed by atoms with Gasteiger partial charge in [-0.3, -0.25) is 0 Å². The van der Waals surface area contributed by atoms with E-state index < -0.39 is 36.4 Å². The Morgan fingerprint density at radius 1 is 1.33 bits per heavy atom. The summed E-state index contributed by atoms with van der Waals surface area (Å²) in [7, 11) is 0. The summed E-state index contributed by atoms with van der Waals surface area (Å²) in [4.78, 5) is 0. The molecule has 7 heteroatoms. The highest BCUT2D eigenvalue weighted by Crippen LogP contribution is 2.30. The molecule has 0 radical (unpaired) electrons. The molecule has 0 saturated carbocycles. The van der Waals surface area contributed by atoms with Crippen LogP contribution in [0.4, 0.5) is 22.0 Å². The summed E-state index contributed by atoms with van der Waals surface area (Å²) in [6.07, 6.45) is -4.45. The van der Waals surface area contributed by atoms with Crippen LogP contribution in [-0.4, -0.2) is 25.1 Å². The predicted octanol–water partition coefficient (Wildman–Crippen LogP) is 2.75. The van der Waals surface area contributed by atoms with Gasteiger partial charge in [0, 0.05) is 6.54 Å². The number of ether oxygens (including phenoxy) is 1. The van der Waals surface area contributed by atoms with Crippen molar-refractivity contribution >= 4 is 0 Å². The zero-order valence-electron chi connectivity index (χ0n) is 9.10. The van der Waals surface area contributed by atoms with Gasteiger partial charge in [-0.05, 0) is 18.2 Å². The van der Waals surface area contributed by atoms with Gasteiger partial charge in [-0.25, -0.2) is 22.0 Å². The van der Waals surface area contributed by atoms with E-state index in [1.165, 1.54) is 0 Å². The fraction of sp³-hybridized carbons (Fsp3) is 0.455. The van der Waals surface area contributed by atoms with Gasteiger partial charge < -0.3 is 10.1 Å². The number of alkyl halides is 4. The number of nitrogens with one attached hydrogen (secondary N) is 1. The van der Waals surface area contributed by atoms with E-state index in [1.807, 2.05) is 0 Å². The van der Waals surface area contributed by atoms with Crippen LogP contribution in [0.25, 0.3) is 0 Å². The lowest BCUT2D eigenvalue weighted by Gasteiger charge is -2.19. The van der Waals surface area contributed by atoms with E-state index in [0.717, 1.165) is 18.2 Å². The Morgan fingerprint density at radius 2 is 2.06 bits per heavy atom. The van der Waals surface area contributed by atoms with E-state index in [-0.39, 0.29) is 12.3 Å². The molecule has 1 N–H and O–H groups in total. The molecule has 1 aromatic carbocycles. The van der Waals surface area contributed by atoms with E-state index in [0.29, 0.717) is 0 Å². The molecular formula is C11H10F5NO. The summed E-state index contributed by atoms with van der Waals surface area (Å²) < 4.78 is 69.2. The second kappa shape index (κ2) is 4.72. The Hall–Kier alpha value is -1.37. The Labute approximate surface area is 99.7 Å². The van der Waals surface area contributed by atoms with Crippen molar-refractivity contribution in [3.63, 3.8) is 0 Å². The van der Waals surface area contributed by atoms with Crippen LogP contribution < -0.4 is 10.1 Å². The van der Waals surface area contributed by atoms with Crippen molar-refractivity contribution in [3.8, 4) is 5.75 Å². The van der Waals surface area contributed by atoms with Gasteiger partial charge in [-0.1, -0.05) is 0 Å². The van der Waals surface area contributed by atoms with Gasteiger partial charge in [0.05, 0.1) is 12.1 Å². The summed E-state index contributed by atoms with van der Waals surface area (Å²) in [5.41, 5.74) is -0.859. The van der Waals surface area contributed by atoms with Crippen LogP contribution in [0.1, 0.15) is 12.0 Å². The van der Waals surface area contributed by atoms with Crippen molar-refractivity contribution in [3.05, 3.63) is 29.6 Å². The van der Waals surface area contributed by atoms with Crippen LogP contribution in [0.3, 0.4) is 0 Å². The van der Waals surface area contributed by atoms with Gasteiger partial charge in [0.25, 0.3) is 12.3 Å². The molecule has 100 valence electrons. The number of hydrogen-bond donors (Lipinski definition) is 1. The molecular weight excluding hydrogens is 257 g/mol. The Morgan fingerprint density at radius 3 is 2.61 bits per heavy atom. The monoisotopic (exact) mass is 267 g/mol. The maximum absolute atomic E-state index is 13.2. The first-order valence-corrected chi connectivity index (χ1v) is 5.23. The molecule has 1 heterocycles. The molecule has 0 amide bonds. The second-order valence-corrected chi connectivity index (χ2v) is 3.98. The molecule has 0 bridgehead atoms. The SMILES string of the molecule is Fc1ccc(O[C@H]2CNCC2(F)F)cc1C(F)F. The van der Waals surface area contributed by atoms with Crippen molar-refractivity contribution in [2.24, 2.45) is 0 Å². The van der Waals surface area contributed by atoms with Crippen molar-refractivity contribution in [2.45, 2.75) is 18.5 Å². The van der Waals surface area contributed by atoms with E-state index in [1.54, 1.807) is 0 Å². The Balaban J connectivity index is 2.17. The summed E-state index contributed by atoms with van der Waals surface area (Å²) in [6.45, 7) is -0.616. The van der Waals surface area contributed by atoms with Gasteiger partial charge in [0.2, 0.25) is 0 Å². The van der Waals surface area contributed by atoms with Crippen LogP contribution in [0.2, 0.25) is 0 Å². The fourth-order valence-electron chi connectivity index (χ4n) is 1.69. The Kier molecular flexibility index (Phi) is 3.43. The Bertz CT molecular complexity index is 437. The average Bonchev–Trinajstić information content (AvgIpc) is 2.60. The van der Waals surface area contributed by atoms with Crippen LogP contribution >= 0.6 is 0 Å². The van der Waals surface area contributed by atoms with Gasteiger partial charge >= 0.3 is 0 Å². The third kappa shape index (κ3) is 2.55. The molecule has 0 aliphatic carbocycles. The lowest BCUT2D eigenvalue weighted by atomic mass is 10.2. The van der Waals surface area contributed by atoms with Crippen molar-refractivity contribution in [2.75, 3.05) is 13.1 Å². The molecule has 18 heavy (non-hydrogen) atoms. The summed E-state index contributed by atoms with van der Waals surface area (Å²) >= 11 is 0. The lowest BCUT2D eigenvalue weighted by Crippen LogP contribution is -2.36. The van der Waals surface area contributed by atoms with Gasteiger partial charge in [-0.2, -0.15) is 0 Å². The van der Waals surface area contributed by atoms with Gasteiger partial charge in [0.15, 0.2) is 6.10 Å². The maximum atomic E-state index is 13.2. The third-order valence-electron chi connectivity index (χ3n) is 2.64. The smallest absolute Gasteiger partial charge is 0.297 e. The molecule has 2 nitrogen and oxygen atoms in total. The van der Waals surface area contributed by atoms with Crippen LogP contribution in [0, 0.1) is 5.82 Å². The molecule has 0 unspecified atom stereocenters. The number of rotatable bonds is 3. The molecule has 0 aromatic heterocycles. The van der Waals surface area contributed by atoms with Crippen molar-refractivity contribution in [1.29, 1.82) is 0 Å². The molecule has 1 aliphatic heterocycles. The van der Waals surface area contributed by atoms with E-state index >= 15 is 0 Å². The van der Waals surface area contributed by atoms with Crippen molar-refractivity contribution < 1.29 is 26.7 Å². The molecule has 1 atom stereocenters. The summed E-state index contributed by atoms with van der Waals surface area (Å²) in [5, 5.41) is 2.43. The summed E-state index contributed by atoms with van der Waals surface area (Å²) in [6, 6.07) is 2.57. The normalized spacial score (nSPS) is 22.4. The number of benzene rings is 1. The maximum Gasteiger partial charge on any atom is 0.297 e. The minimum absolute atomic E-state index is 0.0889. The third-order valence-corrected chi connectivity index (χ3v) is 2.64. The quantitative estimate of drug-likeness (QED) is 0.850. The highest BCUT2D eigenvalue weighted by Gasteiger charge is 2.46. The standard InChI is InChI=1S/C11H10F5NO/c12-8-2-1-6(3-7(8)10(13)14)18-9-4-17-5-11(9,15)16/h1-3,9-10,17H,4-5H2/t9-/m0/s1. The molecule has 1 aliphatic rings. The first-order chi connectivity index (χ1) is 8.40. The number of hydrogen-bond acceptors (Lipinski definition) is 2. The topological polar surface area (TPSA) is 21.3 Å². The minimum Gasteiger partial charge on any atom is -0.483 e. The predicted molar refractivity (Wildman–Crippen MR) is 53.6 cm³/mol. The van der Waals surface area contributed by atoms with Gasteiger partial charge in [0.1, 0.15) is 11.6 Å². The van der Waals surface area contributed by atoms with Crippen LogP contribution in [-0.2, 0) is 0 Å². The average molecular weight is 267 g/mol.